The van der Waals surface area contributed by atoms with Gasteiger partial charge in [0.05, 0.1) is 26.4 Å². The standard InChI is InChI=1S/C27H28FN5O4/c1-36-24-15-20(28)5-6-23(24)18-7-8-29-25(14-18)31-27(35)30-21-4-2-3-19(13-21)26(34)33-11-9-32(10-12-33)22-16-37-17-22/h2-8,13-15,22H,9-12,16-17H2,1H3,(H2,29,30,31,35). The number of benzene rings is 2. The number of anilines is 2. The lowest BCUT2D eigenvalue weighted by molar-refractivity contribution is -0.0746. The predicted molar refractivity (Wildman–Crippen MR) is 137 cm³/mol. The molecule has 0 aliphatic carbocycles. The Labute approximate surface area is 214 Å². The van der Waals surface area contributed by atoms with Crippen molar-refractivity contribution in [3.63, 3.8) is 0 Å². The summed E-state index contributed by atoms with van der Waals surface area (Å²) in [5.41, 5.74) is 2.38. The van der Waals surface area contributed by atoms with Crippen molar-refractivity contribution in [3.8, 4) is 16.9 Å². The fraction of sp³-hybridized carbons (Fsp3) is 0.296. The molecule has 0 bridgehead atoms. The number of pyridine rings is 1. The molecule has 0 unspecified atom stereocenters. The van der Waals surface area contributed by atoms with Crippen LogP contribution in [0, 0.1) is 5.82 Å². The number of carbonyl (C=O) groups excluding carboxylic acids is 2. The van der Waals surface area contributed by atoms with Gasteiger partial charge in [-0.05, 0) is 48.0 Å². The Bertz CT molecular complexity index is 1290. The third-order valence-corrected chi connectivity index (χ3v) is 6.58. The average molecular weight is 506 g/mol. The molecule has 2 aromatic carbocycles. The quantitative estimate of drug-likeness (QED) is 0.531. The molecule has 1 aromatic heterocycles. The number of methoxy groups -OCH3 is 1. The zero-order chi connectivity index (χ0) is 25.8. The van der Waals surface area contributed by atoms with E-state index in [1.165, 1.54) is 19.2 Å². The van der Waals surface area contributed by atoms with Crippen LogP contribution in [-0.4, -0.2) is 79.3 Å². The first-order valence-corrected chi connectivity index (χ1v) is 12.1. The number of nitrogens with one attached hydrogen (secondary N) is 2. The number of aromatic nitrogens is 1. The van der Waals surface area contributed by atoms with Crippen LogP contribution >= 0.6 is 0 Å². The average Bonchev–Trinajstić information content (AvgIpc) is 2.88. The normalized spacial score (nSPS) is 16.1. The first kappa shape index (κ1) is 24.7. The molecule has 10 heteroatoms. The molecule has 2 aliphatic rings. The van der Waals surface area contributed by atoms with Crippen molar-refractivity contribution in [3.05, 3.63) is 72.2 Å². The molecule has 0 saturated carbocycles. The second kappa shape index (κ2) is 10.9. The monoisotopic (exact) mass is 505 g/mol. The number of nitrogens with zero attached hydrogens (tertiary/aromatic N) is 3. The van der Waals surface area contributed by atoms with Crippen LogP contribution in [0.3, 0.4) is 0 Å². The van der Waals surface area contributed by atoms with Gasteiger partial charge in [-0.3, -0.25) is 15.0 Å². The van der Waals surface area contributed by atoms with E-state index < -0.39 is 11.8 Å². The van der Waals surface area contributed by atoms with Gasteiger partial charge in [-0.2, -0.15) is 0 Å². The van der Waals surface area contributed by atoms with E-state index in [2.05, 4.69) is 20.5 Å². The molecule has 3 amide bonds. The first-order chi connectivity index (χ1) is 18.0. The topological polar surface area (TPSA) is 96.0 Å². The summed E-state index contributed by atoms with van der Waals surface area (Å²) >= 11 is 0. The van der Waals surface area contributed by atoms with Gasteiger partial charge in [0.15, 0.2) is 0 Å². The number of halogens is 1. The van der Waals surface area contributed by atoms with Crippen molar-refractivity contribution in [1.82, 2.24) is 14.8 Å². The van der Waals surface area contributed by atoms with Crippen LogP contribution in [0.4, 0.5) is 20.7 Å². The van der Waals surface area contributed by atoms with E-state index in [9.17, 15) is 14.0 Å². The number of amides is 3. The molecule has 2 saturated heterocycles. The molecular weight excluding hydrogens is 477 g/mol. The third-order valence-electron chi connectivity index (χ3n) is 6.58. The molecule has 5 rings (SSSR count). The van der Waals surface area contributed by atoms with Gasteiger partial charge in [0.1, 0.15) is 17.4 Å². The molecule has 0 spiro atoms. The second-order valence-electron chi connectivity index (χ2n) is 8.95. The summed E-state index contributed by atoms with van der Waals surface area (Å²) in [4.78, 5) is 34.1. The number of hydrogen-bond donors (Lipinski definition) is 2. The summed E-state index contributed by atoms with van der Waals surface area (Å²) in [6.07, 6.45) is 1.55. The number of hydrogen-bond acceptors (Lipinski definition) is 6. The number of piperazine rings is 1. The Balaban J connectivity index is 1.21. The van der Waals surface area contributed by atoms with E-state index in [1.807, 2.05) is 4.90 Å². The molecule has 2 fully saturated rings. The van der Waals surface area contributed by atoms with E-state index in [-0.39, 0.29) is 5.91 Å². The zero-order valence-corrected chi connectivity index (χ0v) is 20.4. The van der Waals surface area contributed by atoms with Gasteiger partial charge < -0.3 is 19.7 Å². The van der Waals surface area contributed by atoms with Crippen LogP contribution in [0.25, 0.3) is 11.1 Å². The molecule has 2 N–H and O–H groups in total. The van der Waals surface area contributed by atoms with Gasteiger partial charge in [0.2, 0.25) is 0 Å². The lowest BCUT2D eigenvalue weighted by Crippen LogP contribution is -2.57. The minimum atomic E-state index is -0.503. The van der Waals surface area contributed by atoms with Crippen molar-refractivity contribution < 1.29 is 23.5 Å². The van der Waals surface area contributed by atoms with Crippen molar-refractivity contribution in [2.24, 2.45) is 0 Å². The summed E-state index contributed by atoms with van der Waals surface area (Å²) in [6.45, 7) is 4.52. The van der Waals surface area contributed by atoms with Gasteiger partial charge in [-0.25, -0.2) is 14.2 Å². The highest BCUT2D eigenvalue weighted by atomic mass is 19.1. The van der Waals surface area contributed by atoms with Gasteiger partial charge in [0.25, 0.3) is 5.91 Å². The molecule has 3 aromatic rings. The maximum absolute atomic E-state index is 13.6. The summed E-state index contributed by atoms with van der Waals surface area (Å²) in [6, 6.07) is 14.5. The van der Waals surface area contributed by atoms with Crippen molar-refractivity contribution in [2.75, 3.05) is 57.1 Å². The van der Waals surface area contributed by atoms with E-state index >= 15 is 0 Å². The molecule has 192 valence electrons. The minimum Gasteiger partial charge on any atom is -0.496 e. The highest BCUT2D eigenvalue weighted by Gasteiger charge is 2.30. The molecule has 2 aliphatic heterocycles. The Morgan fingerprint density at radius 2 is 1.84 bits per heavy atom. The van der Waals surface area contributed by atoms with Gasteiger partial charge in [-0.1, -0.05) is 6.07 Å². The largest absolute Gasteiger partial charge is 0.496 e. The van der Waals surface area contributed by atoms with E-state index in [4.69, 9.17) is 9.47 Å². The van der Waals surface area contributed by atoms with E-state index in [1.54, 1.807) is 48.7 Å². The fourth-order valence-electron chi connectivity index (χ4n) is 4.49. The Hall–Kier alpha value is -4.02. The lowest BCUT2D eigenvalue weighted by Gasteiger charge is -2.42. The summed E-state index contributed by atoms with van der Waals surface area (Å²) in [5, 5.41) is 5.46. The van der Waals surface area contributed by atoms with Crippen LogP contribution in [0.1, 0.15) is 10.4 Å². The third kappa shape index (κ3) is 5.71. The second-order valence-corrected chi connectivity index (χ2v) is 8.95. The Kier molecular flexibility index (Phi) is 7.29. The predicted octanol–water partition coefficient (Wildman–Crippen LogP) is 3.70. The van der Waals surface area contributed by atoms with Crippen LogP contribution in [0.5, 0.6) is 5.75 Å². The van der Waals surface area contributed by atoms with Crippen molar-refractivity contribution in [2.45, 2.75) is 6.04 Å². The molecule has 0 radical (unpaired) electrons. The van der Waals surface area contributed by atoms with Crippen molar-refractivity contribution in [1.29, 1.82) is 0 Å². The number of urea groups is 1. The van der Waals surface area contributed by atoms with Crippen LogP contribution in [-0.2, 0) is 4.74 Å². The molecule has 3 heterocycles. The molecule has 37 heavy (non-hydrogen) atoms. The smallest absolute Gasteiger partial charge is 0.324 e. The SMILES string of the molecule is COc1cc(F)ccc1-c1ccnc(NC(=O)Nc2cccc(C(=O)N3CCN(C4COC4)CC3)c2)c1. The minimum absolute atomic E-state index is 0.0591. The van der Waals surface area contributed by atoms with Crippen molar-refractivity contribution >= 4 is 23.4 Å². The van der Waals surface area contributed by atoms with E-state index in [0.29, 0.717) is 53.1 Å². The maximum Gasteiger partial charge on any atom is 0.324 e. The van der Waals surface area contributed by atoms with Crippen LogP contribution < -0.4 is 15.4 Å². The fourth-order valence-corrected chi connectivity index (χ4v) is 4.49. The molecule has 9 nitrogen and oxygen atoms in total. The van der Waals surface area contributed by atoms with Gasteiger partial charge in [-0.15, -0.1) is 0 Å². The zero-order valence-electron chi connectivity index (χ0n) is 20.4. The Morgan fingerprint density at radius 3 is 2.57 bits per heavy atom. The first-order valence-electron chi connectivity index (χ1n) is 12.1. The molecule has 0 atom stereocenters. The molecular formula is C27H28FN5O4. The summed E-state index contributed by atoms with van der Waals surface area (Å²) in [5.74, 6) is 0.222. The van der Waals surface area contributed by atoms with E-state index in [0.717, 1.165) is 26.3 Å². The highest BCUT2D eigenvalue weighted by Crippen LogP contribution is 2.31. The summed E-state index contributed by atoms with van der Waals surface area (Å²) in [7, 11) is 1.47. The van der Waals surface area contributed by atoms with Crippen LogP contribution in [0.2, 0.25) is 0 Å². The number of carbonyl (C=O) groups is 2. The number of rotatable bonds is 6. The Morgan fingerprint density at radius 1 is 1.03 bits per heavy atom. The lowest BCUT2D eigenvalue weighted by atomic mass is 10.1. The number of ether oxygens (including phenoxy) is 2. The van der Waals surface area contributed by atoms with Gasteiger partial charge in [0, 0.05) is 55.3 Å². The highest BCUT2D eigenvalue weighted by molar-refractivity contribution is 6.01. The van der Waals surface area contributed by atoms with Crippen LogP contribution in [0.15, 0.2) is 60.8 Å². The maximum atomic E-state index is 13.6. The summed E-state index contributed by atoms with van der Waals surface area (Å²) < 4.78 is 24.1. The van der Waals surface area contributed by atoms with Gasteiger partial charge >= 0.3 is 6.03 Å².